The fraction of sp³-hybridized carbons (Fsp3) is 0.292. The largest absolute Gasteiger partial charge is 0.472 e. The highest BCUT2D eigenvalue weighted by Crippen LogP contribution is 2.29. The van der Waals surface area contributed by atoms with Gasteiger partial charge in [-0.05, 0) is 49.6 Å². The summed E-state index contributed by atoms with van der Waals surface area (Å²) in [6.45, 7) is 1.84. The molecule has 10 nitrogen and oxygen atoms in total. The van der Waals surface area contributed by atoms with Crippen LogP contribution in [0.3, 0.4) is 0 Å². The fourth-order valence-corrected chi connectivity index (χ4v) is 4.71. The van der Waals surface area contributed by atoms with E-state index in [1.807, 2.05) is 19.1 Å². The number of carbonyl (C=O) groups excluding carboxylic acids is 2. The zero-order valence-corrected chi connectivity index (χ0v) is 20.8. The molecule has 2 fully saturated rings. The molecule has 2 amide bonds. The number of aryl methyl sites for hydroxylation is 1. The highest BCUT2D eigenvalue weighted by atomic mass is 35.5. The van der Waals surface area contributed by atoms with Crippen molar-refractivity contribution in [3.05, 3.63) is 64.7 Å². The Bertz CT molecular complexity index is 1490. The Morgan fingerprint density at radius 2 is 2.00 bits per heavy atom. The van der Waals surface area contributed by atoms with Crippen molar-refractivity contribution < 1.29 is 14.3 Å². The van der Waals surface area contributed by atoms with Gasteiger partial charge < -0.3 is 15.4 Å². The molecule has 0 radical (unpaired) electrons. The fourth-order valence-electron chi connectivity index (χ4n) is 3.95. The SMILES string of the molecule is Cc1cc2ccnn2c(C(=O)NC2CC2)c1NC(=O)c1cc(OC2CSC2)nn1-c1ncccc1Cl. The number of nitrogens with zero attached hydrogens (tertiary/aromatic N) is 5. The van der Waals surface area contributed by atoms with Crippen LogP contribution in [0, 0.1) is 6.92 Å². The minimum atomic E-state index is -0.489. The van der Waals surface area contributed by atoms with Crippen LogP contribution in [0.5, 0.6) is 5.88 Å². The third-order valence-corrected chi connectivity index (χ3v) is 7.51. The molecule has 1 saturated carbocycles. The van der Waals surface area contributed by atoms with E-state index in [1.54, 1.807) is 42.4 Å². The van der Waals surface area contributed by atoms with Crippen LogP contribution in [-0.4, -0.2) is 59.8 Å². The van der Waals surface area contributed by atoms with Crippen LogP contribution in [0.15, 0.2) is 42.7 Å². The molecule has 5 heterocycles. The average molecular weight is 524 g/mol. The minimum absolute atomic E-state index is 0.0376. The van der Waals surface area contributed by atoms with E-state index in [0.717, 1.165) is 35.4 Å². The van der Waals surface area contributed by atoms with Crippen LogP contribution in [-0.2, 0) is 0 Å². The summed E-state index contributed by atoms with van der Waals surface area (Å²) in [4.78, 5) is 31.2. The zero-order valence-electron chi connectivity index (χ0n) is 19.3. The number of nitrogens with one attached hydrogen (secondary N) is 2. The normalized spacial score (nSPS) is 15.5. The standard InChI is InChI=1S/C24H22ClN7O3S/c1-13-9-15-6-8-27-31(15)21(24(34)28-14-4-5-14)20(13)29-23(33)18-10-19(35-16-11-36-12-16)30-32(18)22-17(25)3-2-7-26-22/h2-3,6-10,14,16H,4-5,11-12H2,1H3,(H,28,34)(H,29,33). The lowest BCUT2D eigenvalue weighted by Crippen LogP contribution is -2.31. The minimum Gasteiger partial charge on any atom is -0.472 e. The van der Waals surface area contributed by atoms with Gasteiger partial charge in [-0.3, -0.25) is 9.59 Å². The van der Waals surface area contributed by atoms with Gasteiger partial charge in [0.25, 0.3) is 11.8 Å². The number of carbonyl (C=O) groups is 2. The van der Waals surface area contributed by atoms with Gasteiger partial charge in [-0.15, -0.1) is 5.10 Å². The van der Waals surface area contributed by atoms with Gasteiger partial charge in [-0.25, -0.2) is 14.2 Å². The molecule has 0 atom stereocenters. The Labute approximate surface area is 215 Å². The van der Waals surface area contributed by atoms with E-state index in [-0.39, 0.29) is 29.4 Å². The number of ether oxygens (including phenoxy) is 1. The molecule has 2 N–H and O–H groups in total. The molecule has 0 unspecified atom stereocenters. The van der Waals surface area contributed by atoms with Crippen LogP contribution >= 0.6 is 23.4 Å². The van der Waals surface area contributed by atoms with Crippen LogP contribution in [0.1, 0.15) is 39.4 Å². The van der Waals surface area contributed by atoms with Gasteiger partial charge in [0.15, 0.2) is 11.5 Å². The van der Waals surface area contributed by atoms with Gasteiger partial charge >= 0.3 is 0 Å². The smallest absolute Gasteiger partial charge is 0.274 e. The van der Waals surface area contributed by atoms with E-state index >= 15 is 0 Å². The van der Waals surface area contributed by atoms with Crippen molar-refractivity contribution >= 4 is 46.4 Å². The molecule has 0 bridgehead atoms. The summed E-state index contributed by atoms with van der Waals surface area (Å²) in [5.74, 6) is 1.55. The van der Waals surface area contributed by atoms with Crippen molar-refractivity contribution in [1.29, 1.82) is 0 Å². The molecule has 184 valence electrons. The maximum absolute atomic E-state index is 13.7. The Kier molecular flexibility index (Phi) is 5.81. The summed E-state index contributed by atoms with van der Waals surface area (Å²) in [6.07, 6.45) is 5.11. The van der Waals surface area contributed by atoms with E-state index in [9.17, 15) is 9.59 Å². The zero-order chi connectivity index (χ0) is 24.8. The molecule has 2 aliphatic rings. The van der Waals surface area contributed by atoms with Gasteiger partial charge in [0.2, 0.25) is 5.88 Å². The second-order valence-electron chi connectivity index (χ2n) is 8.79. The molecular weight excluding hydrogens is 502 g/mol. The predicted molar refractivity (Wildman–Crippen MR) is 136 cm³/mol. The highest BCUT2D eigenvalue weighted by Gasteiger charge is 2.29. The Morgan fingerprint density at radius 1 is 1.17 bits per heavy atom. The van der Waals surface area contributed by atoms with Crippen LogP contribution < -0.4 is 15.4 Å². The number of rotatable bonds is 7. The van der Waals surface area contributed by atoms with E-state index in [1.165, 1.54) is 9.20 Å². The summed E-state index contributed by atoms with van der Waals surface area (Å²) in [5, 5.41) is 15.0. The van der Waals surface area contributed by atoms with E-state index < -0.39 is 5.91 Å². The van der Waals surface area contributed by atoms with Crippen molar-refractivity contribution in [2.24, 2.45) is 0 Å². The molecule has 6 rings (SSSR count). The molecule has 1 saturated heterocycles. The van der Waals surface area contributed by atoms with Crippen LogP contribution in [0.2, 0.25) is 5.02 Å². The summed E-state index contributed by atoms with van der Waals surface area (Å²) in [5.41, 5.74) is 2.28. The Morgan fingerprint density at radius 3 is 2.72 bits per heavy atom. The molecule has 1 aliphatic heterocycles. The lowest BCUT2D eigenvalue weighted by atomic mass is 10.1. The van der Waals surface area contributed by atoms with Crippen LogP contribution in [0.4, 0.5) is 5.69 Å². The Hall–Kier alpha value is -3.57. The summed E-state index contributed by atoms with van der Waals surface area (Å²) in [7, 11) is 0. The number of aromatic nitrogens is 5. The first-order valence-electron chi connectivity index (χ1n) is 11.5. The van der Waals surface area contributed by atoms with Gasteiger partial charge in [0, 0.05) is 29.8 Å². The number of hydrogen-bond donors (Lipinski definition) is 2. The quantitative estimate of drug-likeness (QED) is 0.381. The molecule has 1 aliphatic carbocycles. The molecular formula is C24H22ClN7O3S. The summed E-state index contributed by atoms with van der Waals surface area (Å²) < 4.78 is 8.84. The third kappa shape index (κ3) is 4.28. The number of thioether (sulfide) groups is 1. The number of hydrogen-bond acceptors (Lipinski definition) is 7. The lowest BCUT2D eigenvalue weighted by Gasteiger charge is -2.24. The van der Waals surface area contributed by atoms with Gasteiger partial charge in [-0.2, -0.15) is 16.9 Å². The first-order valence-corrected chi connectivity index (χ1v) is 13.1. The van der Waals surface area contributed by atoms with E-state index in [2.05, 4.69) is 25.8 Å². The molecule has 12 heteroatoms. The highest BCUT2D eigenvalue weighted by molar-refractivity contribution is 8.00. The second-order valence-corrected chi connectivity index (χ2v) is 10.3. The first kappa shape index (κ1) is 22.9. The van der Waals surface area contributed by atoms with Crippen LogP contribution in [0.25, 0.3) is 11.3 Å². The molecule has 4 aromatic rings. The van der Waals surface area contributed by atoms with Crippen molar-refractivity contribution in [3.63, 3.8) is 0 Å². The molecule has 36 heavy (non-hydrogen) atoms. The van der Waals surface area contributed by atoms with Crippen molar-refractivity contribution in [1.82, 2.24) is 29.7 Å². The molecule has 0 spiro atoms. The molecule has 4 aromatic heterocycles. The lowest BCUT2D eigenvalue weighted by molar-refractivity contribution is 0.0944. The average Bonchev–Trinajstić information content (AvgIpc) is 3.35. The van der Waals surface area contributed by atoms with Gasteiger partial charge in [-0.1, -0.05) is 11.6 Å². The van der Waals surface area contributed by atoms with E-state index in [4.69, 9.17) is 16.3 Å². The number of anilines is 1. The topological polar surface area (TPSA) is 115 Å². The van der Waals surface area contributed by atoms with Gasteiger partial charge in [0.1, 0.15) is 11.8 Å². The maximum Gasteiger partial charge on any atom is 0.274 e. The number of pyridine rings is 2. The number of amides is 2. The maximum atomic E-state index is 13.7. The molecule has 0 aromatic carbocycles. The Balaban J connectivity index is 1.40. The van der Waals surface area contributed by atoms with Crippen molar-refractivity contribution in [3.8, 4) is 11.7 Å². The number of fused-ring (bicyclic) bond motifs is 1. The van der Waals surface area contributed by atoms with E-state index in [0.29, 0.717) is 22.4 Å². The summed E-state index contributed by atoms with van der Waals surface area (Å²) >= 11 is 8.16. The predicted octanol–water partition coefficient (Wildman–Crippen LogP) is 3.52. The first-order chi connectivity index (χ1) is 17.5. The third-order valence-electron chi connectivity index (χ3n) is 6.00. The van der Waals surface area contributed by atoms with Crippen molar-refractivity contribution in [2.45, 2.75) is 31.9 Å². The summed E-state index contributed by atoms with van der Waals surface area (Å²) in [6, 6.07) is 8.76. The van der Waals surface area contributed by atoms with Gasteiger partial charge in [0.05, 0.1) is 22.4 Å². The second kappa shape index (κ2) is 9.14. The monoisotopic (exact) mass is 523 g/mol. The van der Waals surface area contributed by atoms with Crippen molar-refractivity contribution in [2.75, 3.05) is 16.8 Å². The number of halogens is 1.